The van der Waals surface area contributed by atoms with E-state index in [1.165, 1.54) is 0 Å². The van der Waals surface area contributed by atoms with Crippen LogP contribution in [0.3, 0.4) is 0 Å². The molecule has 3 rings (SSSR count). The predicted octanol–water partition coefficient (Wildman–Crippen LogP) is 3.58. The van der Waals surface area contributed by atoms with Crippen molar-refractivity contribution in [2.75, 3.05) is 0 Å². The zero-order chi connectivity index (χ0) is 12.5. The highest BCUT2D eigenvalue weighted by Crippen LogP contribution is 2.22. The number of fused-ring (bicyclic) bond motifs is 1. The zero-order valence-electron chi connectivity index (χ0n) is 9.38. The maximum absolute atomic E-state index is 10.7. The molecule has 0 saturated carbocycles. The molecule has 0 spiro atoms. The number of aldehydes is 1. The van der Waals surface area contributed by atoms with Gasteiger partial charge in [-0.2, -0.15) is 0 Å². The Hall–Kier alpha value is -1.94. The molecule has 0 fully saturated rings. The lowest BCUT2D eigenvalue weighted by molar-refractivity contribution is 0.112. The van der Waals surface area contributed by atoms with Gasteiger partial charge in [-0.3, -0.25) is 9.20 Å². The number of hydrogen-bond acceptors (Lipinski definition) is 2. The van der Waals surface area contributed by atoms with E-state index in [4.69, 9.17) is 0 Å². The Balaban J connectivity index is 2.18. The second-order valence-corrected chi connectivity index (χ2v) is 4.88. The van der Waals surface area contributed by atoms with Crippen LogP contribution in [0.25, 0.3) is 16.9 Å². The Morgan fingerprint density at radius 3 is 2.67 bits per heavy atom. The van der Waals surface area contributed by atoms with E-state index in [0.717, 1.165) is 27.7 Å². The number of pyridine rings is 1. The summed E-state index contributed by atoms with van der Waals surface area (Å²) in [6.07, 6.45) is 4.47. The van der Waals surface area contributed by atoms with Gasteiger partial charge in [-0.05, 0) is 24.3 Å². The molecule has 0 N–H and O–H groups in total. The summed E-state index contributed by atoms with van der Waals surface area (Å²) in [5.41, 5.74) is 2.61. The summed E-state index contributed by atoms with van der Waals surface area (Å²) in [5.74, 6) is 0.870. The van der Waals surface area contributed by atoms with Crippen molar-refractivity contribution in [3.05, 3.63) is 58.8 Å². The summed E-state index contributed by atoms with van der Waals surface area (Å²) in [6, 6.07) is 11.6. The van der Waals surface area contributed by atoms with Gasteiger partial charge in [-0.25, -0.2) is 4.98 Å². The summed E-state index contributed by atoms with van der Waals surface area (Å²) in [5, 5.41) is 0. The molecule has 0 aliphatic carbocycles. The SMILES string of the molecule is O=Cc1ccn2c(-c3ccc(Br)cc3)ncc2c1. The molecular weight excluding hydrogens is 292 g/mol. The van der Waals surface area contributed by atoms with Crippen molar-refractivity contribution in [1.82, 2.24) is 9.38 Å². The van der Waals surface area contributed by atoms with Crippen molar-refractivity contribution in [3.63, 3.8) is 0 Å². The van der Waals surface area contributed by atoms with E-state index in [2.05, 4.69) is 20.9 Å². The van der Waals surface area contributed by atoms with Crippen LogP contribution >= 0.6 is 15.9 Å². The summed E-state index contributed by atoms with van der Waals surface area (Å²) in [4.78, 5) is 15.1. The van der Waals surface area contributed by atoms with Gasteiger partial charge >= 0.3 is 0 Å². The topological polar surface area (TPSA) is 34.4 Å². The van der Waals surface area contributed by atoms with Gasteiger partial charge < -0.3 is 0 Å². The Labute approximate surface area is 112 Å². The van der Waals surface area contributed by atoms with Crippen LogP contribution in [0.4, 0.5) is 0 Å². The standard InChI is InChI=1S/C14H9BrN2O/c15-12-3-1-11(2-4-12)14-16-8-13-7-10(9-18)5-6-17(13)14/h1-9H. The Kier molecular flexibility index (Phi) is 2.72. The van der Waals surface area contributed by atoms with E-state index >= 15 is 0 Å². The molecule has 4 heteroatoms. The van der Waals surface area contributed by atoms with Gasteiger partial charge in [0.2, 0.25) is 0 Å². The monoisotopic (exact) mass is 300 g/mol. The molecule has 0 bridgehead atoms. The highest BCUT2D eigenvalue weighted by atomic mass is 79.9. The lowest BCUT2D eigenvalue weighted by Gasteiger charge is -2.02. The minimum atomic E-state index is 0.657. The molecular formula is C14H9BrN2O. The molecule has 0 aliphatic heterocycles. The first kappa shape index (κ1) is 11.2. The van der Waals surface area contributed by atoms with E-state index < -0.39 is 0 Å². The number of hydrogen-bond donors (Lipinski definition) is 0. The van der Waals surface area contributed by atoms with Gasteiger partial charge in [0.15, 0.2) is 0 Å². The van der Waals surface area contributed by atoms with Gasteiger partial charge in [0.25, 0.3) is 0 Å². The van der Waals surface area contributed by atoms with Gasteiger partial charge in [0.1, 0.15) is 12.1 Å². The van der Waals surface area contributed by atoms with Crippen molar-refractivity contribution in [3.8, 4) is 11.4 Å². The van der Waals surface area contributed by atoms with E-state index in [1.54, 1.807) is 12.3 Å². The van der Waals surface area contributed by atoms with E-state index in [0.29, 0.717) is 5.56 Å². The number of aromatic nitrogens is 2. The Morgan fingerprint density at radius 1 is 1.17 bits per heavy atom. The molecule has 3 aromatic rings. The number of carbonyl (C=O) groups excluding carboxylic acids is 1. The molecule has 0 unspecified atom stereocenters. The second-order valence-electron chi connectivity index (χ2n) is 3.96. The third kappa shape index (κ3) is 1.84. The number of rotatable bonds is 2. The van der Waals surface area contributed by atoms with Gasteiger partial charge in [-0.1, -0.05) is 28.1 Å². The smallest absolute Gasteiger partial charge is 0.150 e. The maximum atomic E-state index is 10.7. The predicted molar refractivity (Wildman–Crippen MR) is 73.7 cm³/mol. The zero-order valence-corrected chi connectivity index (χ0v) is 11.0. The van der Waals surface area contributed by atoms with Crippen LogP contribution in [-0.2, 0) is 0 Å². The molecule has 0 amide bonds. The minimum absolute atomic E-state index is 0.657. The molecule has 2 aromatic heterocycles. The molecule has 1 aromatic carbocycles. The van der Waals surface area contributed by atoms with E-state index in [1.807, 2.05) is 40.9 Å². The van der Waals surface area contributed by atoms with Crippen LogP contribution in [-0.4, -0.2) is 15.7 Å². The number of benzene rings is 1. The first-order chi connectivity index (χ1) is 8.78. The molecule has 0 saturated heterocycles. The van der Waals surface area contributed by atoms with Crippen molar-refractivity contribution in [1.29, 1.82) is 0 Å². The lowest BCUT2D eigenvalue weighted by Crippen LogP contribution is -1.90. The highest BCUT2D eigenvalue weighted by Gasteiger charge is 2.06. The average Bonchev–Trinajstić information content (AvgIpc) is 2.82. The number of carbonyl (C=O) groups is 1. The van der Waals surface area contributed by atoms with Gasteiger partial charge in [-0.15, -0.1) is 0 Å². The van der Waals surface area contributed by atoms with E-state index in [9.17, 15) is 4.79 Å². The average molecular weight is 301 g/mol. The number of halogens is 1. The van der Waals surface area contributed by atoms with Crippen molar-refractivity contribution in [2.45, 2.75) is 0 Å². The minimum Gasteiger partial charge on any atom is -0.300 e. The fourth-order valence-corrected chi connectivity index (χ4v) is 2.17. The fourth-order valence-electron chi connectivity index (χ4n) is 1.90. The third-order valence-electron chi connectivity index (χ3n) is 2.79. The van der Waals surface area contributed by atoms with Crippen LogP contribution in [0.1, 0.15) is 10.4 Å². The molecule has 88 valence electrons. The summed E-state index contributed by atoms with van der Waals surface area (Å²) in [7, 11) is 0. The quantitative estimate of drug-likeness (QED) is 0.678. The van der Waals surface area contributed by atoms with Crippen LogP contribution < -0.4 is 0 Å². The summed E-state index contributed by atoms with van der Waals surface area (Å²) in [6.45, 7) is 0. The molecule has 0 atom stereocenters. The van der Waals surface area contributed by atoms with Crippen LogP contribution in [0.15, 0.2) is 53.3 Å². The largest absolute Gasteiger partial charge is 0.300 e. The maximum Gasteiger partial charge on any atom is 0.150 e. The summed E-state index contributed by atoms with van der Waals surface area (Å²) < 4.78 is 3.01. The number of nitrogens with zero attached hydrogens (tertiary/aromatic N) is 2. The van der Waals surface area contributed by atoms with E-state index in [-0.39, 0.29) is 0 Å². The van der Waals surface area contributed by atoms with Crippen LogP contribution in [0.5, 0.6) is 0 Å². The molecule has 0 aliphatic rings. The Bertz CT molecular complexity index is 716. The lowest BCUT2D eigenvalue weighted by atomic mass is 10.2. The Morgan fingerprint density at radius 2 is 1.94 bits per heavy atom. The summed E-state index contributed by atoms with van der Waals surface area (Å²) >= 11 is 3.41. The first-order valence-electron chi connectivity index (χ1n) is 5.46. The second kappa shape index (κ2) is 4.38. The third-order valence-corrected chi connectivity index (χ3v) is 3.32. The van der Waals surface area contributed by atoms with Crippen LogP contribution in [0, 0.1) is 0 Å². The highest BCUT2D eigenvalue weighted by molar-refractivity contribution is 9.10. The van der Waals surface area contributed by atoms with Crippen molar-refractivity contribution in [2.24, 2.45) is 0 Å². The van der Waals surface area contributed by atoms with Crippen LogP contribution in [0.2, 0.25) is 0 Å². The first-order valence-corrected chi connectivity index (χ1v) is 6.25. The fraction of sp³-hybridized carbons (Fsp3) is 0. The molecule has 2 heterocycles. The molecule has 18 heavy (non-hydrogen) atoms. The van der Waals surface area contributed by atoms with Crippen molar-refractivity contribution >= 4 is 27.7 Å². The molecule has 0 radical (unpaired) electrons. The van der Waals surface area contributed by atoms with Gasteiger partial charge in [0, 0.05) is 21.8 Å². The molecule has 3 nitrogen and oxygen atoms in total. The van der Waals surface area contributed by atoms with Crippen molar-refractivity contribution < 1.29 is 4.79 Å². The normalized spacial score (nSPS) is 10.7. The number of imidazole rings is 1. The van der Waals surface area contributed by atoms with Gasteiger partial charge in [0.05, 0.1) is 11.7 Å².